The Morgan fingerprint density at radius 3 is 2.48 bits per heavy atom. The molecule has 0 aliphatic rings. The number of anilines is 1. The first-order chi connectivity index (χ1) is 9.95. The third-order valence-electron chi connectivity index (χ3n) is 3.07. The van der Waals surface area contributed by atoms with Gasteiger partial charge in [0.2, 0.25) is 5.91 Å². The van der Waals surface area contributed by atoms with Gasteiger partial charge in [-0.05, 0) is 36.2 Å². The predicted octanol–water partition coefficient (Wildman–Crippen LogP) is 3.57. The molecule has 0 aliphatic carbocycles. The largest absolute Gasteiger partial charge is 0.389 e. The monoisotopic (exact) mass is 362 g/mol. The summed E-state index contributed by atoms with van der Waals surface area (Å²) in [4.78, 5) is 12.4. The van der Waals surface area contributed by atoms with Crippen molar-refractivity contribution >= 4 is 44.7 Å². The summed E-state index contributed by atoms with van der Waals surface area (Å²) >= 11 is 8.30. The minimum atomic E-state index is -0.0523. The zero-order valence-corrected chi connectivity index (χ0v) is 13.9. The van der Waals surface area contributed by atoms with Gasteiger partial charge in [0.25, 0.3) is 0 Å². The van der Waals surface area contributed by atoms with Crippen LogP contribution in [0.15, 0.2) is 46.9 Å². The molecule has 2 aromatic carbocycles. The molecule has 0 unspecified atom stereocenters. The molecular formula is C16H15BrN2OS. The van der Waals surface area contributed by atoms with Crippen LogP contribution in [0.1, 0.15) is 16.7 Å². The zero-order chi connectivity index (χ0) is 15.4. The molecule has 0 radical (unpaired) electrons. The lowest BCUT2D eigenvalue weighted by Gasteiger charge is -2.09. The van der Waals surface area contributed by atoms with Gasteiger partial charge in [0.05, 0.1) is 6.42 Å². The molecule has 0 bridgehead atoms. The van der Waals surface area contributed by atoms with Crippen molar-refractivity contribution in [1.82, 2.24) is 0 Å². The number of rotatable bonds is 4. The van der Waals surface area contributed by atoms with Crippen LogP contribution < -0.4 is 11.1 Å². The quantitative estimate of drug-likeness (QED) is 0.817. The normalized spacial score (nSPS) is 10.2. The van der Waals surface area contributed by atoms with Crippen LogP contribution in [-0.4, -0.2) is 10.9 Å². The third kappa shape index (κ3) is 4.37. The van der Waals surface area contributed by atoms with Crippen LogP contribution in [0.25, 0.3) is 0 Å². The molecule has 21 heavy (non-hydrogen) atoms. The van der Waals surface area contributed by atoms with E-state index >= 15 is 0 Å². The topological polar surface area (TPSA) is 55.1 Å². The minimum Gasteiger partial charge on any atom is -0.389 e. The van der Waals surface area contributed by atoms with Crippen LogP contribution >= 0.6 is 28.1 Å². The fourth-order valence-electron chi connectivity index (χ4n) is 1.93. The van der Waals surface area contributed by atoms with Crippen molar-refractivity contribution < 1.29 is 4.79 Å². The lowest BCUT2D eigenvalue weighted by atomic mass is 10.1. The van der Waals surface area contributed by atoms with Gasteiger partial charge in [0, 0.05) is 15.7 Å². The van der Waals surface area contributed by atoms with E-state index in [1.54, 1.807) is 0 Å². The summed E-state index contributed by atoms with van der Waals surface area (Å²) in [5.74, 6) is -0.0523. The Balaban J connectivity index is 2.02. The van der Waals surface area contributed by atoms with Crippen LogP contribution in [0.3, 0.4) is 0 Å². The molecule has 1 amide bonds. The highest BCUT2D eigenvalue weighted by molar-refractivity contribution is 9.10. The van der Waals surface area contributed by atoms with Crippen molar-refractivity contribution in [3.8, 4) is 0 Å². The van der Waals surface area contributed by atoms with Gasteiger partial charge < -0.3 is 11.1 Å². The molecule has 0 atom stereocenters. The fourth-order valence-corrected chi connectivity index (χ4v) is 2.55. The summed E-state index contributed by atoms with van der Waals surface area (Å²) in [5.41, 5.74) is 9.10. The highest BCUT2D eigenvalue weighted by Gasteiger charge is 2.07. The molecule has 0 saturated heterocycles. The second kappa shape index (κ2) is 6.83. The Bertz CT molecular complexity index is 683. The van der Waals surface area contributed by atoms with E-state index in [4.69, 9.17) is 18.0 Å². The van der Waals surface area contributed by atoms with Gasteiger partial charge in [-0.15, -0.1) is 0 Å². The smallest absolute Gasteiger partial charge is 0.228 e. The minimum absolute atomic E-state index is 0.0523. The first kappa shape index (κ1) is 15.7. The van der Waals surface area contributed by atoms with Gasteiger partial charge in [0.1, 0.15) is 4.99 Å². The fraction of sp³-hybridized carbons (Fsp3) is 0.125. The lowest BCUT2D eigenvalue weighted by molar-refractivity contribution is -0.115. The summed E-state index contributed by atoms with van der Waals surface area (Å²) in [7, 11) is 0. The van der Waals surface area contributed by atoms with Gasteiger partial charge in [-0.25, -0.2) is 0 Å². The van der Waals surface area contributed by atoms with Crippen LogP contribution in [0.2, 0.25) is 0 Å². The average Bonchev–Trinajstić information content (AvgIpc) is 2.42. The lowest BCUT2D eigenvalue weighted by Crippen LogP contribution is -2.15. The number of thiocarbonyl (C=S) groups is 1. The van der Waals surface area contributed by atoms with Crippen LogP contribution in [0, 0.1) is 6.92 Å². The number of hydrogen-bond donors (Lipinski definition) is 2. The maximum atomic E-state index is 12.1. The maximum Gasteiger partial charge on any atom is 0.228 e. The van der Waals surface area contributed by atoms with Crippen molar-refractivity contribution in [1.29, 1.82) is 0 Å². The SMILES string of the molecule is Cc1cc(Br)ccc1NC(=O)Cc1ccc(C(N)=S)cc1. The van der Waals surface area contributed by atoms with Crippen molar-refractivity contribution in [3.05, 3.63) is 63.6 Å². The molecule has 0 fully saturated rings. The number of benzene rings is 2. The number of amides is 1. The van der Waals surface area contributed by atoms with E-state index in [9.17, 15) is 4.79 Å². The van der Waals surface area contributed by atoms with E-state index in [0.29, 0.717) is 11.4 Å². The molecule has 3 nitrogen and oxygen atoms in total. The summed E-state index contributed by atoms with van der Waals surface area (Å²) in [5, 5.41) is 2.91. The molecule has 0 aliphatic heterocycles. The zero-order valence-electron chi connectivity index (χ0n) is 11.5. The van der Waals surface area contributed by atoms with E-state index in [1.165, 1.54) is 0 Å². The first-order valence-corrected chi connectivity index (χ1v) is 7.60. The molecule has 2 rings (SSSR count). The molecule has 2 aromatic rings. The second-order valence-corrected chi connectivity index (χ2v) is 6.10. The number of aryl methyl sites for hydroxylation is 1. The number of carbonyl (C=O) groups excluding carboxylic acids is 1. The highest BCUT2D eigenvalue weighted by atomic mass is 79.9. The van der Waals surface area contributed by atoms with Crippen molar-refractivity contribution in [2.24, 2.45) is 5.73 Å². The second-order valence-electron chi connectivity index (χ2n) is 4.75. The Labute approximate surface area is 137 Å². The Morgan fingerprint density at radius 1 is 1.24 bits per heavy atom. The molecule has 5 heteroatoms. The Morgan fingerprint density at radius 2 is 1.90 bits per heavy atom. The summed E-state index contributed by atoms with van der Waals surface area (Å²) < 4.78 is 0.992. The van der Waals surface area contributed by atoms with Crippen LogP contribution in [0.5, 0.6) is 0 Å². The van der Waals surface area contributed by atoms with Crippen LogP contribution in [-0.2, 0) is 11.2 Å². The molecule has 0 saturated carbocycles. The predicted molar refractivity (Wildman–Crippen MR) is 93.5 cm³/mol. The summed E-state index contributed by atoms with van der Waals surface area (Å²) in [6.07, 6.45) is 0.313. The molecule has 0 heterocycles. The number of hydrogen-bond acceptors (Lipinski definition) is 2. The van der Waals surface area contributed by atoms with Gasteiger partial charge in [-0.2, -0.15) is 0 Å². The number of carbonyl (C=O) groups is 1. The molecule has 3 N–H and O–H groups in total. The summed E-state index contributed by atoms with van der Waals surface area (Å²) in [6, 6.07) is 13.1. The number of nitrogens with one attached hydrogen (secondary N) is 1. The number of halogens is 1. The standard InChI is InChI=1S/C16H15BrN2OS/c1-10-8-13(17)6-7-14(10)19-15(20)9-11-2-4-12(5-3-11)16(18)21/h2-8H,9H2,1H3,(H2,18,21)(H,19,20). The van der Waals surface area contributed by atoms with Gasteiger partial charge in [-0.1, -0.05) is 52.4 Å². The van der Waals surface area contributed by atoms with Gasteiger partial charge >= 0.3 is 0 Å². The van der Waals surface area contributed by atoms with Crippen molar-refractivity contribution in [2.45, 2.75) is 13.3 Å². The van der Waals surface area contributed by atoms with E-state index in [-0.39, 0.29) is 5.91 Å². The highest BCUT2D eigenvalue weighted by Crippen LogP contribution is 2.20. The summed E-state index contributed by atoms with van der Waals surface area (Å²) in [6.45, 7) is 1.96. The van der Waals surface area contributed by atoms with Crippen molar-refractivity contribution in [3.63, 3.8) is 0 Å². The van der Waals surface area contributed by atoms with Crippen molar-refractivity contribution in [2.75, 3.05) is 5.32 Å². The van der Waals surface area contributed by atoms with Crippen LogP contribution in [0.4, 0.5) is 5.69 Å². The number of nitrogens with two attached hydrogens (primary N) is 1. The maximum absolute atomic E-state index is 12.1. The first-order valence-electron chi connectivity index (χ1n) is 6.40. The molecule has 0 aromatic heterocycles. The van der Waals surface area contributed by atoms with E-state index in [0.717, 1.165) is 26.9 Å². The van der Waals surface area contributed by atoms with Gasteiger partial charge in [0.15, 0.2) is 0 Å². The Hall–Kier alpha value is -1.72. The molecule has 0 spiro atoms. The average molecular weight is 363 g/mol. The van der Waals surface area contributed by atoms with E-state index < -0.39 is 0 Å². The molecule has 108 valence electrons. The molecular weight excluding hydrogens is 348 g/mol. The van der Waals surface area contributed by atoms with Gasteiger partial charge in [-0.3, -0.25) is 4.79 Å². The van der Waals surface area contributed by atoms with E-state index in [1.807, 2.05) is 49.4 Å². The Kier molecular flexibility index (Phi) is 5.09. The third-order valence-corrected chi connectivity index (χ3v) is 3.79. The van der Waals surface area contributed by atoms with E-state index in [2.05, 4.69) is 21.2 Å².